The fourth-order valence-electron chi connectivity index (χ4n) is 4.65. The molecule has 7 nitrogen and oxygen atoms in total. The molecule has 236 valence electrons. The highest BCUT2D eigenvalue weighted by Gasteiger charge is 2.14. The molecule has 0 unspecified atom stereocenters. The summed E-state index contributed by atoms with van der Waals surface area (Å²) in [7, 11) is 0. The molecular weight excluding hydrogens is 677 g/mol. The maximum atomic E-state index is 12.7. The van der Waals surface area contributed by atoms with E-state index in [1.807, 2.05) is 36.4 Å². The molecule has 45 heavy (non-hydrogen) atoms. The minimum Gasteiger partial charge on any atom is -0.465 e. The summed E-state index contributed by atoms with van der Waals surface area (Å²) in [6.45, 7) is 3.82. The molecule has 0 radical (unpaired) electrons. The number of carbonyl (C=O) groups excluding carboxylic acids is 2. The highest BCUT2D eigenvalue weighted by molar-refractivity contribution is 9.10. The number of nitrogens with one attached hydrogen (secondary N) is 2. The van der Waals surface area contributed by atoms with Crippen LogP contribution in [-0.4, -0.2) is 25.2 Å². The lowest BCUT2D eigenvalue weighted by molar-refractivity contribution is -0.142. The number of benzene rings is 4. The third kappa shape index (κ3) is 10.2. The van der Waals surface area contributed by atoms with E-state index >= 15 is 0 Å². The first-order valence-corrected chi connectivity index (χ1v) is 16.2. The number of halogens is 3. The molecule has 0 amide bonds. The number of hydrogen-bond acceptors (Lipinski definition) is 7. The van der Waals surface area contributed by atoms with Crippen molar-refractivity contribution in [3.05, 3.63) is 121 Å². The third-order valence-electron chi connectivity index (χ3n) is 7.20. The Bertz CT molecular complexity index is 1610. The van der Waals surface area contributed by atoms with E-state index in [9.17, 15) is 9.59 Å². The van der Waals surface area contributed by atoms with Gasteiger partial charge in [0.25, 0.3) is 0 Å². The Balaban J connectivity index is 1.16. The molecule has 0 aliphatic carbocycles. The lowest BCUT2D eigenvalue weighted by Gasteiger charge is -2.14. The van der Waals surface area contributed by atoms with Crippen LogP contribution in [0.5, 0.6) is 0 Å². The monoisotopic (exact) mass is 711 g/mol. The highest BCUT2D eigenvalue weighted by atomic mass is 79.9. The van der Waals surface area contributed by atoms with Crippen LogP contribution in [0.25, 0.3) is 0 Å². The molecule has 0 heterocycles. The van der Waals surface area contributed by atoms with Crippen LogP contribution in [0, 0.1) is 6.92 Å². The lowest BCUT2D eigenvalue weighted by Crippen LogP contribution is -2.16. The molecule has 4 aromatic rings. The fourth-order valence-corrected chi connectivity index (χ4v) is 5.64. The summed E-state index contributed by atoms with van der Waals surface area (Å²) < 4.78 is 11.6. The van der Waals surface area contributed by atoms with Crippen molar-refractivity contribution in [1.82, 2.24) is 5.32 Å². The van der Waals surface area contributed by atoms with Crippen LogP contribution in [0.1, 0.15) is 51.9 Å². The topological polar surface area (TPSA) is 103 Å². The molecule has 0 atom stereocenters. The normalized spacial score (nSPS) is 10.8. The van der Waals surface area contributed by atoms with Crippen molar-refractivity contribution in [2.45, 2.75) is 45.7 Å². The molecule has 0 aliphatic heterocycles. The number of para-hydroxylation sites is 2. The van der Waals surface area contributed by atoms with E-state index in [1.54, 1.807) is 30.3 Å². The Kier molecular flexibility index (Phi) is 13.1. The van der Waals surface area contributed by atoms with E-state index in [2.05, 4.69) is 45.6 Å². The zero-order valence-electron chi connectivity index (χ0n) is 25.0. The largest absolute Gasteiger partial charge is 0.465 e. The van der Waals surface area contributed by atoms with Crippen molar-refractivity contribution < 1.29 is 19.1 Å². The molecule has 4 rings (SSSR count). The Morgan fingerprint density at radius 3 is 2.18 bits per heavy atom. The predicted octanol–water partition coefficient (Wildman–Crippen LogP) is 8.79. The molecule has 0 saturated heterocycles. The van der Waals surface area contributed by atoms with Gasteiger partial charge in [0.2, 0.25) is 0 Å². The molecule has 0 aliphatic rings. The average molecular weight is 714 g/mol. The summed E-state index contributed by atoms with van der Waals surface area (Å²) in [5, 5.41) is 7.60. The van der Waals surface area contributed by atoms with Gasteiger partial charge in [-0.1, -0.05) is 71.7 Å². The highest BCUT2D eigenvalue weighted by Crippen LogP contribution is 2.33. The van der Waals surface area contributed by atoms with E-state index < -0.39 is 5.97 Å². The van der Waals surface area contributed by atoms with Crippen LogP contribution in [0.15, 0.2) is 83.3 Å². The summed E-state index contributed by atoms with van der Waals surface area (Å²) in [6, 6.07) is 24.3. The van der Waals surface area contributed by atoms with E-state index in [0.29, 0.717) is 57.4 Å². The molecule has 0 aromatic heterocycles. The van der Waals surface area contributed by atoms with Crippen molar-refractivity contribution in [3.8, 4) is 0 Å². The number of carbonyl (C=O) groups is 2. The standard InChI is InChI=1S/C35H36BrCl2N3O4/c1-23-10-3-4-12-25(23)21-40-22-27-18-26(19-28(36)33(27)39)35(43)45-17-8-2-7-16-44-32(42)20-24-11-5-6-15-31(24)41-34-29(37)13-9-14-30(34)38/h3-6,9-15,18-19,40-41H,2,7-8,16-17,20-22,39H2,1H3. The second-order valence-electron chi connectivity index (χ2n) is 10.5. The summed E-state index contributed by atoms with van der Waals surface area (Å²) in [4.78, 5) is 25.3. The SMILES string of the molecule is Cc1ccccc1CNCc1cc(C(=O)OCCCCCOC(=O)Cc2ccccc2Nc2c(Cl)cccc2Cl)cc(Br)c1N. The number of unbranched alkanes of at least 4 members (excludes halogenated alkanes) is 2. The number of nitrogen functional groups attached to an aromatic ring is 1. The van der Waals surface area contributed by atoms with Gasteiger partial charge >= 0.3 is 11.9 Å². The van der Waals surface area contributed by atoms with E-state index in [-0.39, 0.29) is 25.6 Å². The van der Waals surface area contributed by atoms with Gasteiger partial charge in [0.05, 0.1) is 46.6 Å². The third-order valence-corrected chi connectivity index (χ3v) is 8.49. The molecule has 10 heteroatoms. The summed E-state index contributed by atoms with van der Waals surface area (Å²) >= 11 is 16.0. The van der Waals surface area contributed by atoms with Crippen molar-refractivity contribution in [1.29, 1.82) is 0 Å². The van der Waals surface area contributed by atoms with Crippen molar-refractivity contribution in [2.24, 2.45) is 0 Å². The van der Waals surface area contributed by atoms with Gasteiger partial charge in [-0.15, -0.1) is 0 Å². The van der Waals surface area contributed by atoms with Crippen LogP contribution in [0.3, 0.4) is 0 Å². The van der Waals surface area contributed by atoms with Gasteiger partial charge in [0.15, 0.2) is 0 Å². The maximum absolute atomic E-state index is 12.7. The Morgan fingerprint density at radius 2 is 1.44 bits per heavy atom. The molecule has 0 fully saturated rings. The first kappa shape index (κ1) is 34.3. The Hall–Kier alpha value is -3.56. The average Bonchev–Trinajstić information content (AvgIpc) is 3.02. The van der Waals surface area contributed by atoms with Crippen LogP contribution in [0.2, 0.25) is 10.0 Å². The van der Waals surface area contributed by atoms with Gasteiger partial charge in [0.1, 0.15) is 0 Å². The summed E-state index contributed by atoms with van der Waals surface area (Å²) in [5.41, 5.74) is 12.6. The van der Waals surface area contributed by atoms with Gasteiger partial charge in [-0.3, -0.25) is 4.79 Å². The molecule has 0 spiro atoms. The van der Waals surface area contributed by atoms with E-state index in [4.69, 9.17) is 38.4 Å². The number of rotatable bonds is 15. The number of esters is 2. The van der Waals surface area contributed by atoms with Crippen molar-refractivity contribution >= 4 is 68.1 Å². The first-order chi connectivity index (χ1) is 21.7. The number of nitrogens with two attached hydrogens (primary N) is 1. The molecule has 4 N–H and O–H groups in total. The number of hydrogen-bond donors (Lipinski definition) is 3. The molecule has 0 bridgehead atoms. The molecule has 0 saturated carbocycles. The fraction of sp³-hybridized carbons (Fsp3) is 0.257. The van der Waals surface area contributed by atoms with Crippen LogP contribution in [-0.2, 0) is 33.8 Å². The van der Waals surface area contributed by atoms with Crippen molar-refractivity contribution in [2.75, 3.05) is 24.3 Å². The van der Waals surface area contributed by atoms with E-state index in [1.165, 1.54) is 11.1 Å². The Morgan fingerprint density at radius 1 is 0.800 bits per heavy atom. The summed E-state index contributed by atoms with van der Waals surface area (Å²) in [5.74, 6) is -0.744. The predicted molar refractivity (Wildman–Crippen MR) is 185 cm³/mol. The van der Waals surface area contributed by atoms with Crippen LogP contribution in [0.4, 0.5) is 17.1 Å². The minimum absolute atomic E-state index is 0.101. The van der Waals surface area contributed by atoms with Crippen molar-refractivity contribution in [3.63, 3.8) is 0 Å². The van der Waals surface area contributed by atoms with Crippen LogP contribution >= 0.6 is 39.1 Å². The molecular formula is C35H36BrCl2N3O4. The zero-order chi connectivity index (χ0) is 32.2. The van der Waals surface area contributed by atoms with Gasteiger partial charge < -0.3 is 25.8 Å². The van der Waals surface area contributed by atoms with Gasteiger partial charge in [-0.25, -0.2) is 4.79 Å². The zero-order valence-corrected chi connectivity index (χ0v) is 28.1. The number of anilines is 3. The Labute approximate surface area is 282 Å². The smallest absolute Gasteiger partial charge is 0.338 e. The number of ether oxygens (including phenoxy) is 2. The lowest BCUT2D eigenvalue weighted by atomic mass is 10.1. The van der Waals surface area contributed by atoms with Gasteiger partial charge in [-0.2, -0.15) is 0 Å². The quantitative estimate of drug-likeness (QED) is 0.0643. The first-order valence-electron chi connectivity index (χ1n) is 14.7. The van der Waals surface area contributed by atoms with Gasteiger partial charge in [-0.05, 0) is 94.7 Å². The summed E-state index contributed by atoms with van der Waals surface area (Å²) in [6.07, 6.45) is 2.14. The second kappa shape index (κ2) is 17.2. The van der Waals surface area contributed by atoms with Crippen LogP contribution < -0.4 is 16.4 Å². The molecule has 4 aromatic carbocycles. The maximum Gasteiger partial charge on any atom is 0.338 e. The van der Waals surface area contributed by atoms with E-state index in [0.717, 1.165) is 23.2 Å². The number of aryl methyl sites for hydroxylation is 1. The second-order valence-corrected chi connectivity index (χ2v) is 12.2. The van der Waals surface area contributed by atoms with Gasteiger partial charge in [0, 0.05) is 23.2 Å². The minimum atomic E-state index is -0.410.